The van der Waals surface area contributed by atoms with Gasteiger partial charge in [0.25, 0.3) is 0 Å². The van der Waals surface area contributed by atoms with Crippen molar-refractivity contribution in [3.8, 4) is 22.3 Å². The second-order valence-electron chi connectivity index (χ2n) is 14.3. The number of thiophene rings is 1. The minimum Gasteiger partial charge on any atom is -0.355 e. The lowest BCUT2D eigenvalue weighted by atomic mass is 9.81. The van der Waals surface area contributed by atoms with Crippen LogP contribution in [0.15, 0.2) is 176 Å². The third-order valence-electron chi connectivity index (χ3n) is 10.8. The van der Waals surface area contributed by atoms with Gasteiger partial charge < -0.3 is 10.2 Å². The third kappa shape index (κ3) is 5.00. The molecule has 0 fully saturated rings. The predicted molar refractivity (Wildman–Crippen MR) is 224 cm³/mol. The summed E-state index contributed by atoms with van der Waals surface area (Å²) in [6.45, 7) is 4.75. The second kappa shape index (κ2) is 12.0. The Kier molecular flexibility index (Phi) is 7.06. The summed E-state index contributed by atoms with van der Waals surface area (Å²) in [5.41, 5.74) is 13.3. The normalized spacial score (nSPS) is 13.0. The van der Waals surface area contributed by atoms with Crippen molar-refractivity contribution in [2.45, 2.75) is 19.3 Å². The van der Waals surface area contributed by atoms with E-state index in [1.54, 1.807) is 0 Å². The summed E-state index contributed by atoms with van der Waals surface area (Å²) < 4.78 is 2.58. The number of para-hydroxylation sites is 2. The number of fused-ring (bicyclic) bond motifs is 7. The standard InChI is InChI=1S/C49H36N2S/c1-49(2)43-20-12-11-19-41(43)48-44(49)29-35(30-45(48)51(38-15-5-3-6-16-38)39-17-7-4-8-18-39)34-22-26-46-42(28-34)40-25-24-37(31-47(40)52-46)50-36-23-21-32-13-9-10-14-33(32)27-36/h3-31,50H,1-2H3. The first-order chi connectivity index (χ1) is 25.5. The van der Waals surface area contributed by atoms with Gasteiger partial charge in [0.2, 0.25) is 0 Å². The maximum atomic E-state index is 3.65. The van der Waals surface area contributed by atoms with Crippen molar-refractivity contribution in [2.24, 2.45) is 0 Å². The fourth-order valence-electron chi connectivity index (χ4n) is 8.19. The number of rotatable bonds is 6. The van der Waals surface area contributed by atoms with Crippen molar-refractivity contribution in [1.82, 2.24) is 0 Å². The summed E-state index contributed by atoms with van der Waals surface area (Å²) in [6, 6.07) is 64.2. The molecule has 2 nitrogen and oxygen atoms in total. The second-order valence-corrected chi connectivity index (χ2v) is 15.4. The van der Waals surface area contributed by atoms with Gasteiger partial charge >= 0.3 is 0 Å². The third-order valence-corrected chi connectivity index (χ3v) is 11.9. The Morgan fingerprint density at radius 2 is 1.15 bits per heavy atom. The monoisotopic (exact) mass is 684 g/mol. The molecular formula is C49H36N2S. The molecular weight excluding hydrogens is 649 g/mol. The minimum atomic E-state index is -0.149. The first-order valence-electron chi connectivity index (χ1n) is 17.9. The summed E-state index contributed by atoms with van der Waals surface area (Å²) >= 11 is 1.86. The van der Waals surface area contributed by atoms with Crippen molar-refractivity contribution in [1.29, 1.82) is 0 Å². The molecule has 9 aromatic rings. The fraction of sp³-hybridized carbons (Fsp3) is 0.0612. The Morgan fingerprint density at radius 3 is 1.94 bits per heavy atom. The molecule has 1 aliphatic rings. The van der Waals surface area contributed by atoms with Crippen LogP contribution >= 0.6 is 11.3 Å². The Morgan fingerprint density at radius 1 is 0.481 bits per heavy atom. The van der Waals surface area contributed by atoms with Gasteiger partial charge in [-0.3, -0.25) is 0 Å². The Labute approximate surface area is 308 Å². The number of hydrogen-bond donors (Lipinski definition) is 1. The molecule has 0 saturated carbocycles. The van der Waals surface area contributed by atoms with Crippen LogP contribution in [0, 0.1) is 0 Å². The molecule has 0 atom stereocenters. The van der Waals surface area contributed by atoms with E-state index < -0.39 is 0 Å². The van der Waals surface area contributed by atoms with E-state index in [0.717, 1.165) is 22.7 Å². The Balaban J connectivity index is 1.12. The van der Waals surface area contributed by atoms with Crippen LogP contribution in [0.3, 0.4) is 0 Å². The molecule has 0 amide bonds. The van der Waals surface area contributed by atoms with Crippen LogP contribution in [-0.4, -0.2) is 0 Å². The van der Waals surface area contributed by atoms with E-state index in [-0.39, 0.29) is 5.41 Å². The van der Waals surface area contributed by atoms with Gasteiger partial charge in [0.15, 0.2) is 0 Å². The summed E-state index contributed by atoms with van der Waals surface area (Å²) in [5, 5.41) is 8.72. The highest BCUT2D eigenvalue weighted by Gasteiger charge is 2.38. The van der Waals surface area contributed by atoms with Crippen molar-refractivity contribution in [3.63, 3.8) is 0 Å². The first-order valence-corrected chi connectivity index (χ1v) is 18.7. The van der Waals surface area contributed by atoms with E-state index >= 15 is 0 Å². The number of anilines is 5. The van der Waals surface area contributed by atoms with E-state index in [2.05, 4.69) is 200 Å². The zero-order chi connectivity index (χ0) is 34.8. The van der Waals surface area contributed by atoms with E-state index in [1.807, 2.05) is 11.3 Å². The SMILES string of the molecule is CC1(C)c2ccccc2-c2c(N(c3ccccc3)c3ccccc3)cc(-c3ccc4sc5cc(Nc6ccc7ccccc7c6)ccc5c4c3)cc21. The number of nitrogens with zero attached hydrogens (tertiary/aromatic N) is 1. The summed E-state index contributed by atoms with van der Waals surface area (Å²) in [4.78, 5) is 2.43. The topological polar surface area (TPSA) is 15.3 Å². The summed E-state index contributed by atoms with van der Waals surface area (Å²) in [7, 11) is 0. The molecule has 0 saturated heterocycles. The molecule has 0 aliphatic heterocycles. The van der Waals surface area contributed by atoms with Gasteiger partial charge in [0.1, 0.15) is 0 Å². The summed E-state index contributed by atoms with van der Waals surface area (Å²) in [6.07, 6.45) is 0. The minimum absolute atomic E-state index is 0.149. The number of nitrogens with one attached hydrogen (secondary N) is 1. The molecule has 0 spiro atoms. The highest BCUT2D eigenvalue weighted by atomic mass is 32.1. The van der Waals surface area contributed by atoms with Gasteiger partial charge in [0.05, 0.1) is 5.69 Å². The fourth-order valence-corrected chi connectivity index (χ4v) is 9.31. The van der Waals surface area contributed by atoms with Crippen molar-refractivity contribution in [3.05, 3.63) is 187 Å². The number of hydrogen-bond acceptors (Lipinski definition) is 3. The molecule has 1 aliphatic carbocycles. The highest BCUT2D eigenvalue weighted by Crippen LogP contribution is 2.55. The molecule has 10 rings (SSSR count). The van der Waals surface area contributed by atoms with Gasteiger partial charge in [0, 0.05) is 53.9 Å². The molecule has 0 bridgehead atoms. The molecule has 1 aromatic heterocycles. The Bertz CT molecular complexity index is 2760. The maximum absolute atomic E-state index is 3.65. The van der Waals surface area contributed by atoms with Crippen LogP contribution in [-0.2, 0) is 5.41 Å². The lowest BCUT2D eigenvalue weighted by Crippen LogP contribution is -2.16. The largest absolute Gasteiger partial charge is 0.355 e. The molecule has 3 heteroatoms. The van der Waals surface area contributed by atoms with Crippen LogP contribution in [0.1, 0.15) is 25.0 Å². The van der Waals surface area contributed by atoms with Crippen molar-refractivity contribution >= 4 is 70.7 Å². The van der Waals surface area contributed by atoms with Crippen LogP contribution in [0.2, 0.25) is 0 Å². The molecule has 0 unspecified atom stereocenters. The van der Waals surface area contributed by atoms with E-state index in [1.165, 1.54) is 70.0 Å². The smallest absolute Gasteiger partial charge is 0.0549 e. The molecule has 0 radical (unpaired) electrons. The molecule has 8 aromatic carbocycles. The molecule has 52 heavy (non-hydrogen) atoms. The van der Waals surface area contributed by atoms with Gasteiger partial charge in [-0.25, -0.2) is 0 Å². The maximum Gasteiger partial charge on any atom is 0.0549 e. The van der Waals surface area contributed by atoms with Crippen LogP contribution < -0.4 is 10.2 Å². The van der Waals surface area contributed by atoms with E-state index in [0.29, 0.717) is 0 Å². The van der Waals surface area contributed by atoms with Gasteiger partial charge in [-0.05, 0) is 111 Å². The van der Waals surface area contributed by atoms with Gasteiger partial charge in [-0.1, -0.05) is 117 Å². The quantitative estimate of drug-likeness (QED) is 0.188. The average molecular weight is 685 g/mol. The summed E-state index contributed by atoms with van der Waals surface area (Å²) in [5.74, 6) is 0. The Hall–Kier alpha value is -6.16. The lowest BCUT2D eigenvalue weighted by Gasteiger charge is -2.29. The molecule has 1 heterocycles. The lowest BCUT2D eigenvalue weighted by molar-refractivity contribution is 0.660. The first kappa shape index (κ1) is 30.6. The molecule has 1 N–H and O–H groups in total. The zero-order valence-corrected chi connectivity index (χ0v) is 29.9. The highest BCUT2D eigenvalue weighted by molar-refractivity contribution is 7.25. The predicted octanol–water partition coefficient (Wildman–Crippen LogP) is 14.4. The van der Waals surface area contributed by atoms with Crippen LogP contribution in [0.4, 0.5) is 28.4 Å². The van der Waals surface area contributed by atoms with Crippen molar-refractivity contribution in [2.75, 3.05) is 10.2 Å². The van der Waals surface area contributed by atoms with E-state index in [4.69, 9.17) is 0 Å². The number of benzene rings is 8. The van der Waals surface area contributed by atoms with Gasteiger partial charge in [-0.2, -0.15) is 0 Å². The van der Waals surface area contributed by atoms with E-state index in [9.17, 15) is 0 Å². The van der Waals surface area contributed by atoms with Crippen molar-refractivity contribution < 1.29 is 0 Å². The van der Waals surface area contributed by atoms with Gasteiger partial charge in [-0.15, -0.1) is 11.3 Å². The van der Waals surface area contributed by atoms with Crippen LogP contribution in [0.5, 0.6) is 0 Å². The average Bonchev–Trinajstić information content (AvgIpc) is 3.66. The van der Waals surface area contributed by atoms with Crippen LogP contribution in [0.25, 0.3) is 53.2 Å². The zero-order valence-electron chi connectivity index (χ0n) is 29.1. The molecule has 248 valence electrons.